The maximum atomic E-state index is 11.6. The van der Waals surface area contributed by atoms with Crippen LogP contribution in [0.25, 0.3) is 0 Å². The normalized spacial score (nSPS) is 11.8. The van der Waals surface area contributed by atoms with Crippen LogP contribution >= 0.6 is 15.9 Å². The van der Waals surface area contributed by atoms with Crippen molar-refractivity contribution in [2.45, 2.75) is 32.7 Å². The molecule has 0 aromatic carbocycles. The van der Waals surface area contributed by atoms with E-state index in [9.17, 15) is 14.9 Å². The predicted molar refractivity (Wildman–Crippen MR) is 79.6 cm³/mol. The summed E-state index contributed by atoms with van der Waals surface area (Å²) in [5.41, 5.74) is -0.0862. The zero-order valence-corrected chi connectivity index (χ0v) is 12.9. The number of carbonyl (C=O) groups is 1. The highest BCUT2D eigenvalue weighted by Crippen LogP contribution is 2.24. The Morgan fingerprint density at radius 3 is 2.85 bits per heavy atom. The van der Waals surface area contributed by atoms with Gasteiger partial charge in [0.25, 0.3) is 5.69 Å². The summed E-state index contributed by atoms with van der Waals surface area (Å²) < 4.78 is 0.494. The van der Waals surface area contributed by atoms with E-state index in [2.05, 4.69) is 31.5 Å². The minimum absolute atomic E-state index is 0.0371. The largest absolute Gasteiger partial charge is 0.369 e. The molecule has 0 bridgehead atoms. The molecule has 0 fully saturated rings. The number of nitrogens with one attached hydrogen (secondary N) is 2. The first-order valence-electron chi connectivity index (χ1n) is 6.27. The zero-order chi connectivity index (χ0) is 15.1. The highest BCUT2D eigenvalue weighted by molar-refractivity contribution is 9.10. The Morgan fingerprint density at radius 2 is 2.30 bits per heavy atom. The van der Waals surface area contributed by atoms with Gasteiger partial charge in [0, 0.05) is 25.1 Å². The molecule has 0 saturated heterocycles. The van der Waals surface area contributed by atoms with E-state index in [1.54, 1.807) is 0 Å². The van der Waals surface area contributed by atoms with E-state index in [1.165, 1.54) is 12.3 Å². The number of anilines is 1. The fraction of sp³-hybridized carbons (Fsp3) is 0.500. The SMILES string of the molecule is CCC(C)NC(=O)CCNc1ncc([N+](=O)[O-])cc1Br. The molecule has 8 heteroatoms. The second-order valence-electron chi connectivity index (χ2n) is 4.33. The van der Waals surface area contributed by atoms with E-state index >= 15 is 0 Å². The van der Waals surface area contributed by atoms with Crippen molar-refractivity contribution < 1.29 is 9.72 Å². The standard InChI is InChI=1S/C12H17BrN4O3/c1-3-8(2)16-11(18)4-5-14-12-10(13)6-9(7-15-12)17(19)20/h6-8H,3-5H2,1-2H3,(H,14,15)(H,16,18). The van der Waals surface area contributed by atoms with Crippen molar-refractivity contribution in [3.8, 4) is 0 Å². The number of halogens is 1. The molecule has 0 saturated carbocycles. The molecule has 1 aromatic rings. The second-order valence-corrected chi connectivity index (χ2v) is 5.19. The molecule has 0 radical (unpaired) electrons. The van der Waals surface area contributed by atoms with Gasteiger partial charge < -0.3 is 10.6 Å². The number of aromatic nitrogens is 1. The quantitative estimate of drug-likeness (QED) is 0.584. The summed E-state index contributed by atoms with van der Waals surface area (Å²) in [6.45, 7) is 4.35. The third-order valence-electron chi connectivity index (χ3n) is 2.70. The first kappa shape index (κ1) is 16.4. The molecule has 20 heavy (non-hydrogen) atoms. The Kier molecular flexibility index (Phi) is 6.37. The van der Waals surface area contributed by atoms with Gasteiger partial charge in [-0.2, -0.15) is 0 Å². The van der Waals surface area contributed by atoms with Gasteiger partial charge in [0.1, 0.15) is 12.0 Å². The summed E-state index contributed by atoms with van der Waals surface area (Å²) in [5.74, 6) is 0.442. The minimum Gasteiger partial charge on any atom is -0.369 e. The monoisotopic (exact) mass is 344 g/mol. The number of rotatable bonds is 7. The summed E-state index contributed by atoms with van der Waals surface area (Å²) in [6, 6.07) is 1.53. The van der Waals surface area contributed by atoms with Gasteiger partial charge in [0.15, 0.2) is 0 Å². The lowest BCUT2D eigenvalue weighted by Crippen LogP contribution is -2.33. The average molecular weight is 345 g/mol. The summed E-state index contributed by atoms with van der Waals surface area (Å²) >= 11 is 3.20. The van der Waals surface area contributed by atoms with Gasteiger partial charge in [-0.3, -0.25) is 14.9 Å². The molecule has 110 valence electrons. The molecule has 0 spiro atoms. The van der Waals surface area contributed by atoms with Crippen LogP contribution in [0.1, 0.15) is 26.7 Å². The molecule has 7 nitrogen and oxygen atoms in total. The maximum absolute atomic E-state index is 11.6. The number of nitro groups is 1. The van der Waals surface area contributed by atoms with Crippen LogP contribution in [0.5, 0.6) is 0 Å². The first-order chi connectivity index (χ1) is 9.43. The van der Waals surface area contributed by atoms with E-state index in [-0.39, 0.29) is 17.6 Å². The molecule has 1 heterocycles. The van der Waals surface area contributed by atoms with Gasteiger partial charge in [0.05, 0.1) is 9.40 Å². The summed E-state index contributed by atoms with van der Waals surface area (Å²) in [4.78, 5) is 25.6. The Balaban J connectivity index is 2.46. The van der Waals surface area contributed by atoms with Crippen LogP contribution in [0, 0.1) is 10.1 Å². The summed E-state index contributed by atoms with van der Waals surface area (Å²) in [5, 5.41) is 16.4. The summed E-state index contributed by atoms with van der Waals surface area (Å²) in [6.07, 6.45) is 2.37. The third kappa shape index (κ3) is 5.12. The zero-order valence-electron chi connectivity index (χ0n) is 11.4. The number of hydrogen-bond donors (Lipinski definition) is 2. The number of nitrogens with zero attached hydrogens (tertiary/aromatic N) is 2. The Bertz CT molecular complexity index is 496. The number of amides is 1. The Labute approximate surface area is 125 Å². The van der Waals surface area contributed by atoms with Crippen molar-refractivity contribution in [1.82, 2.24) is 10.3 Å². The lowest BCUT2D eigenvalue weighted by atomic mass is 10.2. The van der Waals surface area contributed by atoms with E-state index < -0.39 is 4.92 Å². The topological polar surface area (TPSA) is 97.2 Å². The van der Waals surface area contributed by atoms with Gasteiger partial charge in [-0.1, -0.05) is 6.92 Å². The molecular formula is C12H17BrN4O3. The third-order valence-corrected chi connectivity index (χ3v) is 3.31. The number of carbonyl (C=O) groups excluding carboxylic acids is 1. The molecule has 1 unspecified atom stereocenters. The summed E-state index contributed by atoms with van der Waals surface area (Å²) in [7, 11) is 0. The Hall–Kier alpha value is -1.70. The highest BCUT2D eigenvalue weighted by atomic mass is 79.9. The fourth-order valence-corrected chi connectivity index (χ4v) is 1.88. The van der Waals surface area contributed by atoms with Crippen LogP contribution in [0.15, 0.2) is 16.7 Å². The molecule has 0 aliphatic carbocycles. The molecule has 1 rings (SSSR count). The number of pyridine rings is 1. The molecular weight excluding hydrogens is 328 g/mol. The van der Waals surface area contributed by atoms with Gasteiger partial charge in [-0.15, -0.1) is 0 Å². The average Bonchev–Trinajstić information content (AvgIpc) is 2.40. The van der Waals surface area contributed by atoms with Gasteiger partial charge in [-0.05, 0) is 29.3 Å². The van der Waals surface area contributed by atoms with Crippen molar-refractivity contribution in [3.63, 3.8) is 0 Å². The van der Waals surface area contributed by atoms with Crippen LogP contribution in [0.4, 0.5) is 11.5 Å². The van der Waals surface area contributed by atoms with Gasteiger partial charge >= 0.3 is 0 Å². The Morgan fingerprint density at radius 1 is 1.60 bits per heavy atom. The molecule has 0 aliphatic heterocycles. The molecule has 1 aromatic heterocycles. The van der Waals surface area contributed by atoms with E-state index in [0.717, 1.165) is 6.42 Å². The molecule has 1 amide bonds. The van der Waals surface area contributed by atoms with Crippen LogP contribution in [-0.2, 0) is 4.79 Å². The smallest absolute Gasteiger partial charge is 0.288 e. The van der Waals surface area contributed by atoms with E-state index in [4.69, 9.17) is 0 Å². The van der Waals surface area contributed by atoms with E-state index in [1.807, 2.05) is 13.8 Å². The maximum Gasteiger partial charge on any atom is 0.288 e. The first-order valence-corrected chi connectivity index (χ1v) is 7.06. The molecule has 0 aliphatic rings. The lowest BCUT2D eigenvalue weighted by Gasteiger charge is -2.12. The van der Waals surface area contributed by atoms with Crippen molar-refractivity contribution >= 4 is 33.3 Å². The van der Waals surface area contributed by atoms with Gasteiger partial charge in [0.2, 0.25) is 5.91 Å². The predicted octanol–water partition coefficient (Wildman–Crippen LogP) is 2.47. The van der Waals surface area contributed by atoms with Crippen molar-refractivity contribution in [2.75, 3.05) is 11.9 Å². The lowest BCUT2D eigenvalue weighted by molar-refractivity contribution is -0.385. The van der Waals surface area contributed by atoms with Crippen molar-refractivity contribution in [3.05, 3.63) is 26.9 Å². The van der Waals surface area contributed by atoms with Gasteiger partial charge in [-0.25, -0.2) is 4.98 Å². The molecule has 2 N–H and O–H groups in total. The minimum atomic E-state index is -0.513. The van der Waals surface area contributed by atoms with Crippen molar-refractivity contribution in [1.29, 1.82) is 0 Å². The fourth-order valence-electron chi connectivity index (χ4n) is 1.40. The van der Waals surface area contributed by atoms with Crippen LogP contribution in [0.3, 0.4) is 0 Å². The van der Waals surface area contributed by atoms with Crippen LogP contribution in [-0.4, -0.2) is 28.4 Å². The second kappa shape index (κ2) is 7.78. The van der Waals surface area contributed by atoms with E-state index in [0.29, 0.717) is 23.3 Å². The van der Waals surface area contributed by atoms with Crippen LogP contribution < -0.4 is 10.6 Å². The van der Waals surface area contributed by atoms with Crippen LogP contribution in [0.2, 0.25) is 0 Å². The highest BCUT2D eigenvalue weighted by Gasteiger charge is 2.11. The molecule has 1 atom stereocenters. The van der Waals surface area contributed by atoms with Crippen molar-refractivity contribution in [2.24, 2.45) is 0 Å². The number of hydrogen-bond acceptors (Lipinski definition) is 5.